The number of halogens is 1. The van der Waals surface area contributed by atoms with Gasteiger partial charge in [0, 0.05) is 12.7 Å². The van der Waals surface area contributed by atoms with Crippen molar-refractivity contribution < 1.29 is 9.13 Å². The zero-order valence-corrected chi connectivity index (χ0v) is 18.9. The molecule has 7 nitrogen and oxygen atoms in total. The van der Waals surface area contributed by atoms with E-state index in [0.717, 1.165) is 34.7 Å². The number of aryl methyl sites for hydroxylation is 2. The van der Waals surface area contributed by atoms with E-state index >= 15 is 0 Å². The number of imidazole rings is 1. The molecule has 2 aromatic heterocycles. The van der Waals surface area contributed by atoms with E-state index < -0.39 is 5.41 Å². The van der Waals surface area contributed by atoms with Gasteiger partial charge in [-0.15, -0.1) is 0 Å². The molecule has 2 aromatic carbocycles. The normalized spacial score (nSPS) is 17.5. The first-order chi connectivity index (χ1) is 16.5. The molecule has 0 saturated heterocycles. The zero-order valence-electron chi connectivity index (χ0n) is 18.9. The smallest absolute Gasteiger partial charge is 0.174 e. The zero-order chi connectivity index (χ0) is 23.7. The minimum absolute atomic E-state index is 0.331. The first kappa shape index (κ1) is 21.6. The lowest BCUT2D eigenvalue weighted by Crippen LogP contribution is -2.34. The Morgan fingerprint density at radius 1 is 1.18 bits per heavy atom. The average Bonchev–Trinajstić information content (AvgIpc) is 3.49. The van der Waals surface area contributed by atoms with Crippen molar-refractivity contribution in [2.75, 3.05) is 7.11 Å². The molecule has 0 fully saturated rings. The lowest BCUT2D eigenvalue weighted by molar-refractivity contribution is 0.392. The van der Waals surface area contributed by atoms with Gasteiger partial charge >= 0.3 is 0 Å². The topological polar surface area (TPSA) is 81.5 Å². The summed E-state index contributed by atoms with van der Waals surface area (Å²) in [7, 11) is 1.64. The molecule has 0 aliphatic carbocycles. The summed E-state index contributed by atoms with van der Waals surface area (Å²) in [6.07, 6.45) is 8.84. The van der Waals surface area contributed by atoms with Crippen LogP contribution < -0.4 is 4.74 Å². The molecule has 0 spiro atoms. The second kappa shape index (κ2) is 8.60. The number of aromatic nitrogens is 5. The van der Waals surface area contributed by atoms with Crippen molar-refractivity contribution in [1.29, 1.82) is 5.26 Å². The van der Waals surface area contributed by atoms with E-state index in [1.807, 2.05) is 48.0 Å². The lowest BCUT2D eigenvalue weighted by atomic mass is 9.75. The van der Waals surface area contributed by atoms with Gasteiger partial charge in [-0.2, -0.15) is 10.4 Å². The standard InChI is InChI=1S/C26H23FN6O/c1-18-15-32(17-29-18)22-10-4-19(14-23(22)34-2)5-11-24-30-25-26(16-28,12-3-13-33(25)31-24)20-6-8-21(27)9-7-20/h4-11,14-15,17H,3,12-13H2,1-2H3/b11-5+. The Morgan fingerprint density at radius 2 is 2.00 bits per heavy atom. The summed E-state index contributed by atoms with van der Waals surface area (Å²) in [5, 5.41) is 14.8. The minimum Gasteiger partial charge on any atom is -0.495 e. The summed E-state index contributed by atoms with van der Waals surface area (Å²) in [6, 6.07) is 14.4. The second-order valence-electron chi connectivity index (χ2n) is 8.33. The molecule has 34 heavy (non-hydrogen) atoms. The van der Waals surface area contributed by atoms with Crippen LogP contribution in [0.5, 0.6) is 5.75 Å². The molecule has 0 radical (unpaired) electrons. The van der Waals surface area contributed by atoms with E-state index in [9.17, 15) is 9.65 Å². The lowest BCUT2D eigenvalue weighted by Gasteiger charge is -2.30. The molecule has 1 atom stereocenters. The van der Waals surface area contributed by atoms with E-state index in [2.05, 4.69) is 16.2 Å². The molecular weight excluding hydrogens is 431 g/mol. The Bertz CT molecular complexity index is 1410. The van der Waals surface area contributed by atoms with Gasteiger partial charge in [0.1, 0.15) is 17.0 Å². The number of rotatable bonds is 5. The van der Waals surface area contributed by atoms with Crippen LogP contribution in [0.4, 0.5) is 4.39 Å². The number of nitrogens with zero attached hydrogens (tertiary/aromatic N) is 6. The first-order valence-corrected chi connectivity index (χ1v) is 11.0. The van der Waals surface area contributed by atoms with Crippen molar-refractivity contribution in [2.45, 2.75) is 31.7 Å². The molecule has 1 aliphatic heterocycles. The largest absolute Gasteiger partial charge is 0.495 e. The van der Waals surface area contributed by atoms with Crippen molar-refractivity contribution in [3.63, 3.8) is 0 Å². The molecule has 1 unspecified atom stereocenters. The van der Waals surface area contributed by atoms with Crippen LogP contribution in [0.1, 0.15) is 41.3 Å². The molecule has 0 amide bonds. The minimum atomic E-state index is -0.946. The fraction of sp³-hybridized carbons (Fsp3) is 0.231. The molecule has 0 N–H and O–H groups in total. The number of ether oxygens (including phenoxy) is 1. The van der Waals surface area contributed by atoms with Crippen LogP contribution in [0, 0.1) is 24.1 Å². The fourth-order valence-electron chi connectivity index (χ4n) is 4.42. The van der Waals surface area contributed by atoms with Crippen molar-refractivity contribution in [2.24, 2.45) is 0 Å². The third-order valence-corrected chi connectivity index (χ3v) is 6.14. The predicted molar refractivity (Wildman–Crippen MR) is 126 cm³/mol. The van der Waals surface area contributed by atoms with Crippen molar-refractivity contribution in [1.82, 2.24) is 24.3 Å². The van der Waals surface area contributed by atoms with Crippen LogP contribution in [-0.4, -0.2) is 31.4 Å². The van der Waals surface area contributed by atoms with Gasteiger partial charge in [0.25, 0.3) is 0 Å². The second-order valence-corrected chi connectivity index (χ2v) is 8.33. The Morgan fingerprint density at radius 3 is 2.71 bits per heavy atom. The molecule has 4 aromatic rings. The van der Waals surface area contributed by atoms with Crippen LogP contribution >= 0.6 is 0 Å². The number of hydrogen-bond donors (Lipinski definition) is 0. The number of fused-ring (bicyclic) bond motifs is 1. The fourth-order valence-corrected chi connectivity index (χ4v) is 4.42. The van der Waals surface area contributed by atoms with E-state index in [4.69, 9.17) is 9.72 Å². The highest BCUT2D eigenvalue weighted by Crippen LogP contribution is 2.38. The van der Waals surface area contributed by atoms with Crippen LogP contribution in [0.15, 0.2) is 55.0 Å². The van der Waals surface area contributed by atoms with Crippen LogP contribution in [0.2, 0.25) is 0 Å². The number of hydrogen-bond acceptors (Lipinski definition) is 5. The Kier molecular flexibility index (Phi) is 5.46. The molecule has 0 bridgehead atoms. The van der Waals surface area contributed by atoms with E-state index in [1.54, 1.807) is 30.3 Å². The summed E-state index contributed by atoms with van der Waals surface area (Å²) in [5.74, 6) is 1.50. The van der Waals surface area contributed by atoms with Gasteiger partial charge in [0.05, 0.1) is 30.9 Å². The van der Waals surface area contributed by atoms with Gasteiger partial charge in [0.15, 0.2) is 11.6 Å². The molecular formula is C26H23FN6O. The highest BCUT2D eigenvalue weighted by atomic mass is 19.1. The molecule has 8 heteroatoms. The van der Waals surface area contributed by atoms with Crippen molar-refractivity contribution in [3.8, 4) is 17.5 Å². The van der Waals surface area contributed by atoms with Crippen LogP contribution in [0.25, 0.3) is 17.8 Å². The number of nitriles is 1. The van der Waals surface area contributed by atoms with E-state index in [1.165, 1.54) is 12.1 Å². The first-order valence-electron chi connectivity index (χ1n) is 11.0. The molecule has 5 rings (SSSR count). The number of methoxy groups -OCH3 is 1. The maximum Gasteiger partial charge on any atom is 0.174 e. The van der Waals surface area contributed by atoms with E-state index in [0.29, 0.717) is 24.6 Å². The maximum atomic E-state index is 13.5. The molecule has 1 aliphatic rings. The Labute approximate surface area is 196 Å². The average molecular weight is 455 g/mol. The van der Waals surface area contributed by atoms with Gasteiger partial charge in [-0.3, -0.25) is 0 Å². The third kappa shape index (κ3) is 3.75. The van der Waals surface area contributed by atoms with Gasteiger partial charge in [0.2, 0.25) is 0 Å². The van der Waals surface area contributed by atoms with Gasteiger partial charge < -0.3 is 9.30 Å². The van der Waals surface area contributed by atoms with Gasteiger partial charge in [-0.25, -0.2) is 19.0 Å². The highest BCUT2D eigenvalue weighted by molar-refractivity contribution is 5.69. The Hall–Kier alpha value is -4.25. The maximum absolute atomic E-state index is 13.5. The SMILES string of the molecule is COc1cc(/C=C/c2nc3n(n2)CCCC3(C#N)c2ccc(F)cc2)ccc1-n1cnc(C)c1. The predicted octanol–water partition coefficient (Wildman–Crippen LogP) is 4.69. The summed E-state index contributed by atoms with van der Waals surface area (Å²) in [4.78, 5) is 8.98. The van der Waals surface area contributed by atoms with E-state index in [-0.39, 0.29) is 5.82 Å². The van der Waals surface area contributed by atoms with Crippen molar-refractivity contribution in [3.05, 3.63) is 89.3 Å². The summed E-state index contributed by atoms with van der Waals surface area (Å²) >= 11 is 0. The molecule has 170 valence electrons. The molecule has 3 heterocycles. The van der Waals surface area contributed by atoms with Crippen LogP contribution in [0.3, 0.4) is 0 Å². The third-order valence-electron chi connectivity index (χ3n) is 6.14. The highest BCUT2D eigenvalue weighted by Gasteiger charge is 2.42. The van der Waals surface area contributed by atoms with Gasteiger partial charge in [-0.1, -0.05) is 24.3 Å². The summed E-state index contributed by atoms with van der Waals surface area (Å²) < 4.78 is 22.8. The molecule has 0 saturated carbocycles. The number of benzene rings is 2. The quantitative estimate of drug-likeness (QED) is 0.437. The van der Waals surface area contributed by atoms with Crippen molar-refractivity contribution >= 4 is 12.2 Å². The monoisotopic (exact) mass is 454 g/mol. The summed E-state index contributed by atoms with van der Waals surface area (Å²) in [6.45, 7) is 2.63. The Balaban J connectivity index is 1.46. The van der Waals surface area contributed by atoms with Crippen LogP contribution in [-0.2, 0) is 12.0 Å². The van der Waals surface area contributed by atoms with Gasteiger partial charge in [-0.05, 0) is 61.2 Å². The summed E-state index contributed by atoms with van der Waals surface area (Å²) in [5.41, 5.74) is 2.54.